The zero-order valence-electron chi connectivity index (χ0n) is 14.6. The SMILES string of the molecule is CCC(=O)NCCNC(=O)c1ccc(NC(=O)c2cc(Br)ccc2Cl)cc1. The van der Waals surface area contributed by atoms with Gasteiger partial charge in [-0.15, -0.1) is 0 Å². The highest BCUT2D eigenvalue weighted by Gasteiger charge is 2.12. The topological polar surface area (TPSA) is 87.3 Å². The van der Waals surface area contributed by atoms with Crippen LogP contribution in [0.4, 0.5) is 5.69 Å². The lowest BCUT2D eigenvalue weighted by Crippen LogP contribution is -2.34. The van der Waals surface area contributed by atoms with Crippen LogP contribution in [0.3, 0.4) is 0 Å². The molecule has 8 heteroatoms. The maximum atomic E-state index is 12.3. The Morgan fingerprint density at radius 2 is 1.63 bits per heavy atom. The molecule has 3 N–H and O–H groups in total. The number of benzene rings is 2. The van der Waals surface area contributed by atoms with Crippen LogP contribution in [0.5, 0.6) is 0 Å². The van der Waals surface area contributed by atoms with Gasteiger partial charge in [-0.25, -0.2) is 0 Å². The van der Waals surface area contributed by atoms with Crippen LogP contribution in [-0.2, 0) is 4.79 Å². The van der Waals surface area contributed by atoms with E-state index in [2.05, 4.69) is 31.9 Å². The van der Waals surface area contributed by atoms with Crippen LogP contribution in [0.15, 0.2) is 46.9 Å². The number of carbonyl (C=O) groups is 3. The summed E-state index contributed by atoms with van der Waals surface area (Å²) >= 11 is 9.36. The van der Waals surface area contributed by atoms with Crippen molar-refractivity contribution >= 4 is 50.9 Å². The van der Waals surface area contributed by atoms with Gasteiger partial charge in [0.25, 0.3) is 11.8 Å². The number of nitrogens with one attached hydrogen (secondary N) is 3. The van der Waals surface area contributed by atoms with Gasteiger partial charge in [0.1, 0.15) is 0 Å². The fourth-order valence-corrected chi connectivity index (χ4v) is 2.74. The van der Waals surface area contributed by atoms with Crippen LogP contribution in [0.25, 0.3) is 0 Å². The van der Waals surface area contributed by atoms with Crippen molar-refractivity contribution in [1.29, 1.82) is 0 Å². The van der Waals surface area contributed by atoms with Crippen molar-refractivity contribution in [3.8, 4) is 0 Å². The van der Waals surface area contributed by atoms with E-state index in [9.17, 15) is 14.4 Å². The lowest BCUT2D eigenvalue weighted by Gasteiger charge is -2.09. The first-order valence-corrected chi connectivity index (χ1v) is 9.49. The summed E-state index contributed by atoms with van der Waals surface area (Å²) in [4.78, 5) is 35.5. The number of halogens is 2. The van der Waals surface area contributed by atoms with Crippen molar-refractivity contribution in [3.63, 3.8) is 0 Å². The summed E-state index contributed by atoms with van der Waals surface area (Å²) in [6, 6.07) is 11.5. The van der Waals surface area contributed by atoms with Gasteiger partial charge < -0.3 is 16.0 Å². The molecule has 0 bridgehead atoms. The minimum Gasteiger partial charge on any atom is -0.354 e. The first kappa shape index (κ1) is 20.9. The van der Waals surface area contributed by atoms with E-state index in [0.717, 1.165) is 4.47 Å². The molecule has 2 aromatic rings. The Morgan fingerprint density at radius 1 is 0.963 bits per heavy atom. The Hall–Kier alpha value is -2.38. The zero-order valence-corrected chi connectivity index (χ0v) is 17.0. The molecule has 6 nitrogen and oxygen atoms in total. The minimum atomic E-state index is -0.342. The van der Waals surface area contributed by atoms with Crippen molar-refractivity contribution in [2.24, 2.45) is 0 Å². The highest BCUT2D eigenvalue weighted by molar-refractivity contribution is 9.10. The van der Waals surface area contributed by atoms with E-state index in [0.29, 0.717) is 41.3 Å². The molecular weight excluding hydrogens is 434 g/mol. The van der Waals surface area contributed by atoms with E-state index in [1.54, 1.807) is 49.4 Å². The van der Waals surface area contributed by atoms with E-state index in [-0.39, 0.29) is 17.7 Å². The maximum absolute atomic E-state index is 12.3. The van der Waals surface area contributed by atoms with E-state index < -0.39 is 0 Å². The standard InChI is InChI=1S/C19H19BrClN3O3/c1-2-17(25)22-9-10-23-18(26)12-3-6-14(7-4-12)24-19(27)15-11-13(20)5-8-16(15)21/h3-8,11H,2,9-10H2,1H3,(H,22,25)(H,23,26)(H,24,27). The maximum Gasteiger partial charge on any atom is 0.257 e. The second kappa shape index (κ2) is 10.1. The molecular formula is C19H19BrClN3O3. The molecule has 0 fully saturated rings. The molecule has 0 spiro atoms. The third-order valence-electron chi connectivity index (χ3n) is 3.63. The zero-order chi connectivity index (χ0) is 19.8. The van der Waals surface area contributed by atoms with Crippen molar-refractivity contribution in [3.05, 3.63) is 63.1 Å². The van der Waals surface area contributed by atoms with Gasteiger partial charge in [0, 0.05) is 35.2 Å². The number of hydrogen-bond acceptors (Lipinski definition) is 3. The highest BCUT2D eigenvalue weighted by Crippen LogP contribution is 2.22. The summed E-state index contributed by atoms with van der Waals surface area (Å²) < 4.78 is 0.749. The Bertz CT molecular complexity index is 841. The van der Waals surface area contributed by atoms with Crippen LogP contribution in [0.1, 0.15) is 34.1 Å². The molecule has 3 amide bonds. The number of carbonyl (C=O) groups excluding carboxylic acids is 3. The molecule has 0 saturated carbocycles. The molecule has 2 aromatic carbocycles. The minimum absolute atomic E-state index is 0.0603. The summed E-state index contributed by atoms with van der Waals surface area (Å²) in [7, 11) is 0. The average molecular weight is 453 g/mol. The first-order valence-electron chi connectivity index (χ1n) is 8.32. The van der Waals surface area contributed by atoms with Crippen molar-refractivity contribution in [2.45, 2.75) is 13.3 Å². The summed E-state index contributed by atoms with van der Waals surface area (Å²) in [5.41, 5.74) is 1.35. The average Bonchev–Trinajstić information content (AvgIpc) is 2.67. The highest BCUT2D eigenvalue weighted by atomic mass is 79.9. The molecule has 0 aliphatic heterocycles. The lowest BCUT2D eigenvalue weighted by molar-refractivity contribution is -0.120. The molecule has 0 aliphatic carbocycles. The van der Waals surface area contributed by atoms with Gasteiger partial charge in [0.05, 0.1) is 10.6 Å². The second-order valence-electron chi connectivity index (χ2n) is 5.62. The third-order valence-corrected chi connectivity index (χ3v) is 4.45. The van der Waals surface area contributed by atoms with Gasteiger partial charge in [-0.2, -0.15) is 0 Å². The fraction of sp³-hybridized carbons (Fsp3) is 0.211. The smallest absolute Gasteiger partial charge is 0.257 e. The van der Waals surface area contributed by atoms with Crippen LogP contribution >= 0.6 is 27.5 Å². The molecule has 0 saturated heterocycles. The first-order chi connectivity index (χ1) is 12.9. The molecule has 27 heavy (non-hydrogen) atoms. The molecule has 0 unspecified atom stereocenters. The number of anilines is 1. The van der Waals surface area contributed by atoms with Gasteiger partial charge in [-0.05, 0) is 42.5 Å². The number of rotatable bonds is 7. The quantitative estimate of drug-likeness (QED) is 0.561. The molecule has 0 aromatic heterocycles. The van der Waals surface area contributed by atoms with Gasteiger partial charge >= 0.3 is 0 Å². The Balaban J connectivity index is 1.90. The third kappa shape index (κ3) is 6.37. The van der Waals surface area contributed by atoms with Crippen molar-refractivity contribution in [2.75, 3.05) is 18.4 Å². The van der Waals surface area contributed by atoms with Crippen molar-refractivity contribution < 1.29 is 14.4 Å². The van der Waals surface area contributed by atoms with Crippen LogP contribution < -0.4 is 16.0 Å². The molecule has 142 valence electrons. The number of amides is 3. The van der Waals surface area contributed by atoms with E-state index in [1.165, 1.54) is 0 Å². The second-order valence-corrected chi connectivity index (χ2v) is 6.94. The monoisotopic (exact) mass is 451 g/mol. The summed E-state index contributed by atoms with van der Waals surface area (Å²) in [5, 5.41) is 8.48. The molecule has 0 atom stereocenters. The Morgan fingerprint density at radius 3 is 2.30 bits per heavy atom. The van der Waals surface area contributed by atoms with Gasteiger partial charge in [-0.3, -0.25) is 14.4 Å². The normalized spacial score (nSPS) is 10.2. The van der Waals surface area contributed by atoms with Crippen LogP contribution in [-0.4, -0.2) is 30.8 Å². The van der Waals surface area contributed by atoms with Gasteiger partial charge in [0.2, 0.25) is 5.91 Å². The van der Waals surface area contributed by atoms with E-state index >= 15 is 0 Å². The molecule has 0 heterocycles. The van der Waals surface area contributed by atoms with Crippen LogP contribution in [0, 0.1) is 0 Å². The van der Waals surface area contributed by atoms with E-state index in [4.69, 9.17) is 11.6 Å². The fourth-order valence-electron chi connectivity index (χ4n) is 2.18. The Kier molecular flexibility index (Phi) is 7.82. The molecule has 0 aliphatic rings. The van der Waals surface area contributed by atoms with Gasteiger partial charge in [0.15, 0.2) is 0 Å². The molecule has 0 radical (unpaired) electrons. The largest absolute Gasteiger partial charge is 0.354 e. The predicted molar refractivity (Wildman–Crippen MR) is 109 cm³/mol. The lowest BCUT2D eigenvalue weighted by atomic mass is 10.1. The van der Waals surface area contributed by atoms with Crippen LogP contribution in [0.2, 0.25) is 5.02 Å². The summed E-state index contributed by atoms with van der Waals surface area (Å²) in [5.74, 6) is -0.659. The van der Waals surface area contributed by atoms with Gasteiger partial charge in [-0.1, -0.05) is 34.5 Å². The number of hydrogen-bond donors (Lipinski definition) is 3. The van der Waals surface area contributed by atoms with E-state index in [1.807, 2.05) is 0 Å². The molecule has 2 rings (SSSR count). The predicted octanol–water partition coefficient (Wildman–Crippen LogP) is 3.61. The summed E-state index contributed by atoms with van der Waals surface area (Å²) in [6.07, 6.45) is 0.409. The van der Waals surface area contributed by atoms with Crippen molar-refractivity contribution in [1.82, 2.24) is 10.6 Å². The summed E-state index contributed by atoms with van der Waals surface area (Å²) in [6.45, 7) is 2.48. The Labute approximate surface area is 170 Å².